The lowest BCUT2D eigenvalue weighted by Gasteiger charge is -2.35. The average molecular weight is 1810 g/mol. The molecular weight excluding hydrogens is 1660 g/mol. The lowest BCUT2D eigenvalue weighted by molar-refractivity contribution is -0.143. The van der Waals surface area contributed by atoms with Gasteiger partial charge in [0.1, 0.15) is 60.4 Å². The van der Waals surface area contributed by atoms with Gasteiger partial charge in [0.05, 0.1) is 12.4 Å². The summed E-state index contributed by atoms with van der Waals surface area (Å²) >= 11 is 0. The van der Waals surface area contributed by atoms with Crippen LogP contribution in [0.15, 0.2) is 116 Å². The van der Waals surface area contributed by atoms with E-state index in [1.165, 1.54) is 95.5 Å². The molecule has 18 N–H and O–H groups in total. The van der Waals surface area contributed by atoms with E-state index in [0.29, 0.717) is 86.8 Å². The zero-order chi connectivity index (χ0) is 94.5. The van der Waals surface area contributed by atoms with Gasteiger partial charge in [-0.15, -0.1) is 0 Å². The Bertz CT molecular complexity index is 4100. The Kier molecular flexibility index (Phi) is 50.5. The highest BCUT2D eigenvalue weighted by molar-refractivity contribution is 5.99. The number of H-pyrrole nitrogens is 1. The molecule has 2 aliphatic heterocycles. The fraction of sp³-hybridized carbons (Fsp3) is 0.622. The number of aliphatic hydroxyl groups excluding tert-OH is 1. The lowest BCUT2D eigenvalue weighted by atomic mass is 9.84. The van der Waals surface area contributed by atoms with E-state index in [4.69, 9.17) is 11.5 Å². The minimum absolute atomic E-state index is 0.0181. The van der Waals surface area contributed by atoms with Gasteiger partial charge in [-0.1, -0.05) is 228 Å². The van der Waals surface area contributed by atoms with Gasteiger partial charge < -0.3 is 90.3 Å². The van der Waals surface area contributed by atoms with Crippen molar-refractivity contribution < 1.29 is 72.2 Å². The standard InChI is InChI=1S/C98H151N17O15/c1-8-10-11-12-13-14-15-16-17-18-19-20-35-54-81(117)102-57-40-26-36-55-82(118)103-58-41-38-52-76(92(124)109-75(89(100)121)49-37-39-56-99)108-84(120)63-73(61-70-43-27-23-28-44-70)106-91(123)78-51-34-22-21-33-50-77(107-83(119)60-66(3)4)93(125)113-87(69(7)116)97(129)111-79(62-74-64-101-65-104-74)94(126)114-88(85(71-45-29-24-30-46-71)72-47-31-25-32-48-72)98(130)115-59-42-53-80(115)95(127)105-68(6)90(122)112-86(67(5)9-2)96(128)110-78/h21-25,27-32,43-48,64-69,73,75-80,85-88,116H,8-20,26,33-42,49-63,99H2,1-7H3,(H2,100,121)(H,101,104)(H,102,117)(H,103,118)(H,105,127)(H,106,123)(H,107,119)(H,108,120)(H,109,124)(H,110,128)(H,111,129)(H,112,122)(H,113,125)(H,114,126)/b22-21-/t67-,68-,69+,73-,75+,76-,77-,78-,79-,80-,86-,87-,88-/m0/s1. The van der Waals surface area contributed by atoms with Crippen molar-refractivity contribution in [2.75, 3.05) is 26.2 Å². The fourth-order valence-corrected chi connectivity index (χ4v) is 16.4. The summed E-state index contributed by atoms with van der Waals surface area (Å²) in [5, 5.41) is 45.5. The molecule has 0 aliphatic carbocycles. The minimum Gasteiger partial charge on any atom is -0.391 e. The number of primary amides is 1. The number of aromatic amines is 1. The first kappa shape index (κ1) is 108. The molecule has 1 fully saturated rings. The fourth-order valence-electron chi connectivity index (χ4n) is 16.4. The van der Waals surface area contributed by atoms with Gasteiger partial charge in [0.15, 0.2) is 0 Å². The second-order valence-corrected chi connectivity index (χ2v) is 35.5. The van der Waals surface area contributed by atoms with Crippen LogP contribution in [0.25, 0.3) is 0 Å². The number of carbonyl (C=O) groups excluding carboxylic acids is 14. The summed E-state index contributed by atoms with van der Waals surface area (Å²) in [6.07, 6.45) is 25.9. The third-order valence-electron chi connectivity index (χ3n) is 24.1. The van der Waals surface area contributed by atoms with Crippen LogP contribution in [-0.2, 0) is 80.0 Å². The number of nitrogens with one attached hydrogen (secondary N) is 13. The second-order valence-electron chi connectivity index (χ2n) is 35.5. The van der Waals surface area contributed by atoms with Crippen molar-refractivity contribution in [2.24, 2.45) is 23.3 Å². The first-order valence-electron chi connectivity index (χ1n) is 47.9. The van der Waals surface area contributed by atoms with Crippen molar-refractivity contribution in [3.05, 3.63) is 138 Å². The maximum absolute atomic E-state index is 15.8. The van der Waals surface area contributed by atoms with Crippen LogP contribution in [0.5, 0.6) is 0 Å². The van der Waals surface area contributed by atoms with E-state index >= 15 is 19.2 Å². The summed E-state index contributed by atoms with van der Waals surface area (Å²) in [5.41, 5.74) is 13.9. The van der Waals surface area contributed by atoms with Crippen molar-refractivity contribution >= 4 is 82.7 Å². The number of carbonyl (C=O) groups is 14. The summed E-state index contributed by atoms with van der Waals surface area (Å²) in [6.45, 7) is 13.3. The summed E-state index contributed by atoms with van der Waals surface area (Å²) in [7, 11) is 0. The number of nitrogens with zero attached hydrogens (tertiary/aromatic N) is 2. The molecule has 3 aromatic carbocycles. The number of allylic oxidation sites excluding steroid dienone is 2. The number of unbranched alkanes of at least 4 members (excludes halogenated alkanes) is 16. The molecule has 2 aliphatic rings. The van der Waals surface area contributed by atoms with Gasteiger partial charge in [0.2, 0.25) is 82.7 Å². The summed E-state index contributed by atoms with van der Waals surface area (Å²) in [6, 6.07) is 12.1. The highest BCUT2D eigenvalue weighted by atomic mass is 16.3. The van der Waals surface area contributed by atoms with Gasteiger partial charge in [-0.3, -0.25) is 67.1 Å². The second kappa shape index (κ2) is 60.9. The number of nitrogens with two attached hydrogens (primary N) is 2. The summed E-state index contributed by atoms with van der Waals surface area (Å²) in [5.74, 6) is -10.9. The number of rotatable bonds is 50. The summed E-state index contributed by atoms with van der Waals surface area (Å²) < 4.78 is 0. The number of fused-ring (bicyclic) bond motifs is 1. The quantitative estimate of drug-likeness (QED) is 0.0147. The molecule has 14 amide bonds. The van der Waals surface area contributed by atoms with E-state index in [2.05, 4.69) is 80.7 Å². The number of aliphatic hydroxyl groups is 1. The molecule has 0 bridgehead atoms. The van der Waals surface area contributed by atoms with E-state index in [1.807, 2.05) is 13.8 Å². The SMILES string of the molecule is CCCCCCCCCCCCCCCC(=O)NCCCCCC(=O)NCCCC[C@H](NC(=O)C[C@H](Cc1ccccc1)NC(=O)[C@@H]1CC/C=C\CC[C@H](NC(=O)CC(C)C)C(=O)N[C@@H]([C@@H](C)O)C(=O)N[C@@H](Cc2cnc[nH]2)C(=O)N[C@@H](C(c2ccccc2)c2ccccc2)C(=O)N2CCC[C@H]2C(=O)N[C@@H](C)C(=O)N[C@@H]([C@@H](C)CC)C(=O)N1)C(=O)N[C@H](CCCCN)C(N)=O. The van der Waals surface area contributed by atoms with Gasteiger partial charge in [-0.2, -0.15) is 0 Å². The van der Waals surface area contributed by atoms with Crippen molar-refractivity contribution in [1.29, 1.82) is 0 Å². The Hall–Kier alpha value is -10.9. The molecule has 0 spiro atoms. The molecule has 1 aromatic heterocycles. The van der Waals surface area contributed by atoms with Crippen LogP contribution in [0.2, 0.25) is 0 Å². The molecule has 13 atom stereocenters. The Morgan fingerprint density at radius 3 is 1.65 bits per heavy atom. The van der Waals surface area contributed by atoms with E-state index in [9.17, 15) is 53.1 Å². The molecule has 718 valence electrons. The monoisotopic (exact) mass is 1810 g/mol. The third-order valence-corrected chi connectivity index (χ3v) is 24.1. The van der Waals surface area contributed by atoms with Crippen LogP contribution in [0.3, 0.4) is 0 Å². The number of hydrogen-bond donors (Lipinski definition) is 16. The molecule has 4 aromatic rings. The van der Waals surface area contributed by atoms with Gasteiger partial charge in [-0.25, -0.2) is 4.98 Å². The van der Waals surface area contributed by atoms with Crippen molar-refractivity contribution in [2.45, 2.75) is 352 Å². The van der Waals surface area contributed by atoms with Crippen LogP contribution >= 0.6 is 0 Å². The number of hydrogen-bond acceptors (Lipinski definition) is 17. The van der Waals surface area contributed by atoms with Crippen LogP contribution in [0, 0.1) is 11.8 Å². The number of amides is 14. The number of aromatic nitrogens is 2. The first-order valence-corrected chi connectivity index (χ1v) is 47.9. The largest absolute Gasteiger partial charge is 0.391 e. The lowest BCUT2D eigenvalue weighted by Crippen LogP contribution is -2.62. The van der Waals surface area contributed by atoms with Gasteiger partial charge >= 0.3 is 0 Å². The molecule has 130 heavy (non-hydrogen) atoms. The van der Waals surface area contributed by atoms with Crippen LogP contribution in [0.1, 0.15) is 289 Å². The van der Waals surface area contributed by atoms with E-state index in [0.717, 1.165) is 32.1 Å². The van der Waals surface area contributed by atoms with Crippen LogP contribution in [0.4, 0.5) is 0 Å². The van der Waals surface area contributed by atoms with E-state index in [1.54, 1.807) is 117 Å². The van der Waals surface area contributed by atoms with E-state index < -0.39 is 162 Å². The third kappa shape index (κ3) is 40.2. The average Bonchev–Trinajstić information content (AvgIpc) is 1.40. The minimum atomic E-state index is -1.74. The molecule has 6 rings (SSSR count). The van der Waals surface area contributed by atoms with Crippen molar-refractivity contribution in [3.63, 3.8) is 0 Å². The number of benzene rings is 3. The number of imidazole rings is 1. The normalized spacial score (nSPS) is 20.3. The Balaban J connectivity index is 1.24. The van der Waals surface area contributed by atoms with Gasteiger partial charge in [-0.05, 0) is 152 Å². The molecule has 0 unspecified atom stereocenters. The molecule has 3 heterocycles. The van der Waals surface area contributed by atoms with Crippen molar-refractivity contribution in [3.8, 4) is 0 Å². The van der Waals surface area contributed by atoms with Gasteiger partial charge in [0, 0.05) is 75.6 Å². The smallest absolute Gasteiger partial charge is 0.246 e. The highest BCUT2D eigenvalue weighted by Gasteiger charge is 2.44. The predicted octanol–water partition coefficient (Wildman–Crippen LogP) is 7.94. The molecule has 0 radical (unpaired) electrons. The van der Waals surface area contributed by atoms with E-state index in [-0.39, 0.29) is 101 Å². The Morgan fingerprint density at radius 2 is 1.08 bits per heavy atom. The highest BCUT2D eigenvalue weighted by Crippen LogP contribution is 2.32. The van der Waals surface area contributed by atoms with Crippen LogP contribution < -0.4 is 75.3 Å². The molecular formula is C98H151N17O15. The molecule has 32 nitrogen and oxygen atoms in total. The zero-order valence-corrected chi connectivity index (χ0v) is 77.9. The van der Waals surface area contributed by atoms with Crippen LogP contribution in [-0.4, -0.2) is 201 Å². The van der Waals surface area contributed by atoms with Crippen molar-refractivity contribution in [1.82, 2.24) is 78.7 Å². The molecule has 0 saturated carbocycles. The maximum Gasteiger partial charge on any atom is 0.246 e. The zero-order valence-electron chi connectivity index (χ0n) is 77.9. The first-order chi connectivity index (χ1) is 62.6. The maximum atomic E-state index is 15.8. The molecule has 1 saturated heterocycles. The Morgan fingerprint density at radius 1 is 0.538 bits per heavy atom. The van der Waals surface area contributed by atoms with Gasteiger partial charge in [0.25, 0.3) is 0 Å². The molecule has 32 heteroatoms. The Labute approximate surface area is 769 Å². The predicted molar refractivity (Wildman–Crippen MR) is 500 cm³/mol. The summed E-state index contributed by atoms with van der Waals surface area (Å²) in [4.78, 5) is 210. The topological polar surface area (TPSA) is 488 Å².